The van der Waals surface area contributed by atoms with Crippen molar-refractivity contribution in [2.75, 3.05) is 6.16 Å². The van der Waals surface area contributed by atoms with E-state index < -0.39 is 18.3 Å². The number of rotatable bonds is 14. The van der Waals surface area contributed by atoms with E-state index in [0.717, 1.165) is 23.5 Å². The minimum absolute atomic E-state index is 0.0717. The fourth-order valence-electron chi connectivity index (χ4n) is 4.96. The van der Waals surface area contributed by atoms with E-state index in [1.165, 1.54) is 44.9 Å². The molecular weight excluding hydrogens is 450 g/mol. The van der Waals surface area contributed by atoms with Gasteiger partial charge in [-0.25, -0.2) is 0 Å². The van der Waals surface area contributed by atoms with Gasteiger partial charge in [0, 0.05) is 22.6 Å². The van der Waals surface area contributed by atoms with Crippen LogP contribution in [0.5, 0.6) is 0 Å². The number of benzene rings is 2. The van der Waals surface area contributed by atoms with Crippen molar-refractivity contribution in [3.8, 4) is 0 Å². The van der Waals surface area contributed by atoms with Crippen molar-refractivity contribution < 1.29 is 13.9 Å². The molecule has 0 aliphatic carbocycles. The zero-order valence-electron chi connectivity index (χ0n) is 22.7. The van der Waals surface area contributed by atoms with Crippen LogP contribution in [-0.4, -0.2) is 24.5 Å². The van der Waals surface area contributed by atoms with E-state index in [1.54, 1.807) is 0 Å². The second-order valence-electron chi connectivity index (χ2n) is 11.2. The lowest BCUT2D eigenvalue weighted by atomic mass is 9.70. The SMILES string of the molecule is CCCCCCCCCC[C@H](CP(=O)(c1ccccc1)c1ccccc1)B1OC(C)(C)C(C)(C)O1. The van der Waals surface area contributed by atoms with Crippen LogP contribution in [0.4, 0.5) is 0 Å². The predicted molar refractivity (Wildman–Crippen MR) is 152 cm³/mol. The summed E-state index contributed by atoms with van der Waals surface area (Å²) in [6.07, 6.45) is 11.8. The van der Waals surface area contributed by atoms with Crippen molar-refractivity contribution in [3.05, 3.63) is 60.7 Å². The fraction of sp³-hybridized carbons (Fsp3) is 0.600. The lowest BCUT2D eigenvalue weighted by Gasteiger charge is -2.32. The summed E-state index contributed by atoms with van der Waals surface area (Å²) in [5.74, 6) is 0.0717. The Morgan fingerprint density at radius 2 is 1.14 bits per heavy atom. The molecule has 192 valence electrons. The molecule has 0 bridgehead atoms. The molecule has 0 unspecified atom stereocenters. The molecule has 1 saturated heterocycles. The average Bonchev–Trinajstić information content (AvgIpc) is 3.07. The molecule has 3 rings (SSSR count). The van der Waals surface area contributed by atoms with Crippen molar-refractivity contribution >= 4 is 24.9 Å². The van der Waals surface area contributed by atoms with Crippen LogP contribution in [0.1, 0.15) is 92.4 Å². The minimum atomic E-state index is -2.85. The molecule has 3 nitrogen and oxygen atoms in total. The van der Waals surface area contributed by atoms with Gasteiger partial charge in [-0.15, -0.1) is 0 Å². The summed E-state index contributed by atoms with van der Waals surface area (Å²) in [4.78, 5) is 0. The Morgan fingerprint density at radius 1 is 0.714 bits per heavy atom. The molecule has 1 aliphatic rings. The smallest absolute Gasteiger partial charge is 0.403 e. The second-order valence-corrected chi connectivity index (χ2v) is 14.1. The molecule has 1 heterocycles. The highest BCUT2D eigenvalue weighted by Crippen LogP contribution is 2.51. The Hall–Kier alpha value is -1.35. The summed E-state index contributed by atoms with van der Waals surface area (Å²) in [5, 5.41) is 1.84. The van der Waals surface area contributed by atoms with Crippen LogP contribution in [0, 0.1) is 0 Å². The first-order valence-electron chi connectivity index (χ1n) is 13.8. The topological polar surface area (TPSA) is 35.5 Å². The molecule has 0 saturated carbocycles. The fourth-order valence-corrected chi connectivity index (χ4v) is 8.01. The Labute approximate surface area is 214 Å². The molecule has 2 aromatic rings. The molecule has 0 radical (unpaired) electrons. The van der Waals surface area contributed by atoms with Crippen LogP contribution < -0.4 is 10.6 Å². The minimum Gasteiger partial charge on any atom is -0.403 e. The van der Waals surface area contributed by atoms with Gasteiger partial charge in [-0.3, -0.25) is 0 Å². The molecule has 35 heavy (non-hydrogen) atoms. The summed E-state index contributed by atoms with van der Waals surface area (Å²) in [5.41, 5.74) is -0.780. The van der Waals surface area contributed by atoms with Crippen LogP contribution in [0.2, 0.25) is 5.82 Å². The van der Waals surface area contributed by atoms with Gasteiger partial charge in [0.1, 0.15) is 7.14 Å². The van der Waals surface area contributed by atoms with E-state index in [9.17, 15) is 4.57 Å². The van der Waals surface area contributed by atoms with Gasteiger partial charge in [0.2, 0.25) is 0 Å². The number of hydrogen-bond acceptors (Lipinski definition) is 3. The number of hydrogen-bond donors (Lipinski definition) is 0. The van der Waals surface area contributed by atoms with Crippen LogP contribution in [0.15, 0.2) is 60.7 Å². The summed E-state index contributed by atoms with van der Waals surface area (Å²) < 4.78 is 27.9. The maximum absolute atomic E-state index is 14.8. The quantitative estimate of drug-likeness (QED) is 0.151. The first-order chi connectivity index (χ1) is 16.7. The standard InChI is InChI=1S/C30H46BO3P/c1-6-7-8-9-10-11-12-15-20-26(31-33-29(2,3)30(4,5)34-31)25-35(32,27-21-16-13-17-22-27)28-23-18-14-19-24-28/h13-14,16-19,21-24,26H,6-12,15,20,25H2,1-5H3/t26-/m1/s1. The van der Waals surface area contributed by atoms with Crippen molar-refractivity contribution in [2.45, 2.75) is 109 Å². The van der Waals surface area contributed by atoms with Gasteiger partial charge in [0.25, 0.3) is 0 Å². The van der Waals surface area contributed by atoms with Gasteiger partial charge in [-0.1, -0.05) is 125 Å². The highest BCUT2D eigenvalue weighted by Gasteiger charge is 2.54. The zero-order valence-corrected chi connectivity index (χ0v) is 23.6. The summed E-state index contributed by atoms with van der Waals surface area (Å²) in [6, 6.07) is 20.0. The van der Waals surface area contributed by atoms with E-state index in [0.29, 0.717) is 6.16 Å². The van der Waals surface area contributed by atoms with E-state index in [1.807, 2.05) is 60.7 Å². The number of unbranched alkanes of at least 4 members (excludes halogenated alkanes) is 7. The normalized spacial score (nSPS) is 18.0. The first kappa shape index (κ1) is 28.2. The molecule has 1 fully saturated rings. The van der Waals surface area contributed by atoms with E-state index in [4.69, 9.17) is 9.31 Å². The molecule has 0 N–H and O–H groups in total. The largest absolute Gasteiger partial charge is 0.461 e. The third-order valence-corrected chi connectivity index (χ3v) is 11.2. The Bertz CT molecular complexity index is 870. The Morgan fingerprint density at radius 3 is 1.60 bits per heavy atom. The lowest BCUT2D eigenvalue weighted by Crippen LogP contribution is -2.41. The molecule has 2 aromatic carbocycles. The van der Waals surface area contributed by atoms with Gasteiger partial charge in [-0.2, -0.15) is 0 Å². The van der Waals surface area contributed by atoms with E-state index in [2.05, 4.69) is 34.6 Å². The van der Waals surface area contributed by atoms with Gasteiger partial charge in [0.05, 0.1) is 11.2 Å². The molecular formula is C30H46BO3P. The van der Waals surface area contributed by atoms with Crippen molar-refractivity contribution in [3.63, 3.8) is 0 Å². The maximum Gasteiger partial charge on any atom is 0.461 e. The van der Waals surface area contributed by atoms with Crippen molar-refractivity contribution in [2.24, 2.45) is 0 Å². The third-order valence-electron chi connectivity index (χ3n) is 7.92. The predicted octanol–water partition coefficient (Wildman–Crippen LogP) is 7.99. The van der Waals surface area contributed by atoms with E-state index >= 15 is 0 Å². The summed E-state index contributed by atoms with van der Waals surface area (Å²) >= 11 is 0. The van der Waals surface area contributed by atoms with Crippen LogP contribution >= 0.6 is 7.14 Å². The van der Waals surface area contributed by atoms with Crippen LogP contribution in [0.3, 0.4) is 0 Å². The highest BCUT2D eigenvalue weighted by molar-refractivity contribution is 7.78. The monoisotopic (exact) mass is 496 g/mol. The zero-order chi connectivity index (χ0) is 25.4. The third kappa shape index (κ3) is 7.34. The van der Waals surface area contributed by atoms with Gasteiger partial charge >= 0.3 is 7.12 Å². The lowest BCUT2D eigenvalue weighted by molar-refractivity contribution is 0.00578. The van der Waals surface area contributed by atoms with Crippen LogP contribution in [0.25, 0.3) is 0 Å². The second kappa shape index (κ2) is 12.8. The highest BCUT2D eigenvalue weighted by atomic mass is 31.2. The van der Waals surface area contributed by atoms with Gasteiger partial charge in [-0.05, 0) is 27.7 Å². The summed E-state index contributed by atoms with van der Waals surface area (Å²) in [6.45, 7) is 10.7. The van der Waals surface area contributed by atoms with Crippen molar-refractivity contribution in [1.82, 2.24) is 0 Å². The maximum atomic E-state index is 14.8. The molecule has 5 heteroatoms. The average molecular weight is 496 g/mol. The summed E-state index contributed by atoms with van der Waals surface area (Å²) in [7, 11) is -3.19. The molecule has 0 amide bonds. The Balaban J connectivity index is 1.79. The molecule has 1 atom stereocenters. The molecule has 0 aromatic heterocycles. The van der Waals surface area contributed by atoms with Crippen LogP contribution in [-0.2, 0) is 13.9 Å². The van der Waals surface area contributed by atoms with Gasteiger partial charge < -0.3 is 13.9 Å². The Kier molecular flexibility index (Phi) is 10.3. The molecule has 1 aliphatic heterocycles. The van der Waals surface area contributed by atoms with E-state index in [-0.39, 0.29) is 12.9 Å². The first-order valence-corrected chi connectivity index (χ1v) is 15.6. The van der Waals surface area contributed by atoms with Gasteiger partial charge in [0.15, 0.2) is 0 Å². The molecule has 0 spiro atoms. The van der Waals surface area contributed by atoms with Crippen molar-refractivity contribution in [1.29, 1.82) is 0 Å².